The van der Waals surface area contributed by atoms with Gasteiger partial charge in [-0.25, -0.2) is 4.39 Å². The zero-order chi connectivity index (χ0) is 19.5. The summed E-state index contributed by atoms with van der Waals surface area (Å²) in [6, 6.07) is 6.50. The molecule has 1 saturated heterocycles. The third-order valence-electron chi connectivity index (χ3n) is 5.17. The minimum absolute atomic E-state index is 0.236. The highest BCUT2D eigenvalue weighted by molar-refractivity contribution is 5.62. The fourth-order valence-electron chi connectivity index (χ4n) is 3.82. The summed E-state index contributed by atoms with van der Waals surface area (Å²) in [7, 11) is 0. The highest BCUT2D eigenvalue weighted by atomic mass is 19.1. The fourth-order valence-corrected chi connectivity index (χ4v) is 3.82. The van der Waals surface area contributed by atoms with Crippen LogP contribution in [0.25, 0.3) is 11.3 Å². The predicted molar refractivity (Wildman–Crippen MR) is 104 cm³/mol. The monoisotopic (exact) mass is 383 g/mol. The molecule has 0 saturated carbocycles. The SMILES string of the molecule is CC(C)Cc1noc([C@@H]2CCCN(Cc3cn[nH]c3-c3ccc(F)cc3)C2)n1. The predicted octanol–water partition coefficient (Wildman–Crippen LogP) is 4.18. The number of rotatable bonds is 6. The van der Waals surface area contributed by atoms with Crippen LogP contribution in [0.3, 0.4) is 0 Å². The first kappa shape index (κ1) is 18.8. The van der Waals surface area contributed by atoms with Gasteiger partial charge in [0.05, 0.1) is 17.8 Å². The first-order valence-electron chi connectivity index (χ1n) is 9.91. The molecule has 0 spiro atoms. The maximum atomic E-state index is 13.2. The lowest BCUT2D eigenvalue weighted by Crippen LogP contribution is -2.34. The number of hydrogen-bond acceptors (Lipinski definition) is 5. The van der Waals surface area contributed by atoms with E-state index in [0.29, 0.717) is 5.92 Å². The number of piperidine rings is 1. The van der Waals surface area contributed by atoms with Crippen LogP contribution in [0.4, 0.5) is 4.39 Å². The Hall–Kier alpha value is -2.54. The highest BCUT2D eigenvalue weighted by Crippen LogP contribution is 2.29. The minimum atomic E-state index is -0.236. The number of halogens is 1. The average Bonchev–Trinajstić information content (AvgIpc) is 3.32. The third-order valence-corrected chi connectivity index (χ3v) is 5.17. The largest absolute Gasteiger partial charge is 0.339 e. The molecular weight excluding hydrogens is 357 g/mol. The molecule has 6 nitrogen and oxygen atoms in total. The molecule has 28 heavy (non-hydrogen) atoms. The Morgan fingerprint density at radius 3 is 2.89 bits per heavy atom. The number of H-pyrrole nitrogens is 1. The van der Waals surface area contributed by atoms with E-state index in [2.05, 4.69) is 39.1 Å². The van der Waals surface area contributed by atoms with Crippen molar-refractivity contribution in [2.24, 2.45) is 5.92 Å². The number of nitrogens with one attached hydrogen (secondary N) is 1. The van der Waals surface area contributed by atoms with Gasteiger partial charge in [0.25, 0.3) is 0 Å². The van der Waals surface area contributed by atoms with Crippen molar-refractivity contribution in [1.29, 1.82) is 0 Å². The summed E-state index contributed by atoms with van der Waals surface area (Å²) in [6.45, 7) is 7.01. The van der Waals surface area contributed by atoms with Crippen LogP contribution < -0.4 is 0 Å². The van der Waals surface area contributed by atoms with E-state index in [1.165, 1.54) is 12.1 Å². The van der Waals surface area contributed by atoms with Crippen LogP contribution in [0, 0.1) is 11.7 Å². The van der Waals surface area contributed by atoms with E-state index in [9.17, 15) is 4.39 Å². The second kappa shape index (κ2) is 8.22. The lowest BCUT2D eigenvalue weighted by Gasteiger charge is -2.30. The van der Waals surface area contributed by atoms with Gasteiger partial charge in [0, 0.05) is 30.6 Å². The number of benzene rings is 1. The van der Waals surface area contributed by atoms with Crippen LogP contribution in [0.2, 0.25) is 0 Å². The van der Waals surface area contributed by atoms with Gasteiger partial charge in [0.1, 0.15) is 5.82 Å². The van der Waals surface area contributed by atoms with Crippen molar-refractivity contribution in [2.75, 3.05) is 13.1 Å². The Balaban J connectivity index is 1.44. The molecule has 0 bridgehead atoms. The maximum absolute atomic E-state index is 13.2. The van der Waals surface area contributed by atoms with E-state index >= 15 is 0 Å². The van der Waals surface area contributed by atoms with Crippen molar-refractivity contribution in [3.8, 4) is 11.3 Å². The summed E-state index contributed by atoms with van der Waals surface area (Å²) in [5, 5.41) is 11.4. The molecule has 3 aromatic rings. The molecule has 0 amide bonds. The number of hydrogen-bond donors (Lipinski definition) is 1. The number of aromatic amines is 1. The van der Waals surface area contributed by atoms with Crippen LogP contribution >= 0.6 is 0 Å². The molecule has 3 heterocycles. The number of likely N-dealkylation sites (tertiary alicyclic amines) is 1. The lowest BCUT2D eigenvalue weighted by molar-refractivity contribution is 0.180. The van der Waals surface area contributed by atoms with Gasteiger partial charge < -0.3 is 4.52 Å². The van der Waals surface area contributed by atoms with Crippen LogP contribution in [0.5, 0.6) is 0 Å². The molecule has 7 heteroatoms. The van der Waals surface area contributed by atoms with Gasteiger partial charge in [-0.1, -0.05) is 19.0 Å². The fraction of sp³-hybridized carbons (Fsp3) is 0.476. The third kappa shape index (κ3) is 4.30. The standard InChI is InChI=1S/C21H26FN5O/c1-14(2)10-19-24-21(28-26-19)16-4-3-9-27(12-16)13-17-11-23-25-20(17)15-5-7-18(22)8-6-15/h5-8,11,14,16H,3-4,9-10,12-13H2,1-2H3,(H,23,25)/t16-/m1/s1. The summed E-state index contributed by atoms with van der Waals surface area (Å²) in [5.74, 6) is 2.10. The van der Waals surface area contributed by atoms with Crippen LogP contribution in [0.1, 0.15) is 49.9 Å². The maximum Gasteiger partial charge on any atom is 0.231 e. The molecule has 0 aliphatic carbocycles. The Kier molecular flexibility index (Phi) is 5.52. The van der Waals surface area contributed by atoms with Crippen molar-refractivity contribution in [3.63, 3.8) is 0 Å². The molecule has 1 aliphatic heterocycles. The van der Waals surface area contributed by atoms with Crippen molar-refractivity contribution >= 4 is 0 Å². The molecule has 4 rings (SSSR count). The molecule has 1 N–H and O–H groups in total. The van der Waals surface area contributed by atoms with E-state index in [4.69, 9.17) is 4.52 Å². The zero-order valence-electron chi connectivity index (χ0n) is 16.4. The molecule has 148 valence electrons. The summed E-state index contributed by atoms with van der Waals surface area (Å²) < 4.78 is 18.8. The summed E-state index contributed by atoms with van der Waals surface area (Å²) in [4.78, 5) is 7.02. The normalized spacial score (nSPS) is 18.1. The van der Waals surface area contributed by atoms with Crippen molar-refractivity contribution in [3.05, 3.63) is 53.6 Å². The van der Waals surface area contributed by atoms with Crippen molar-refractivity contribution in [1.82, 2.24) is 25.2 Å². The van der Waals surface area contributed by atoms with Crippen LogP contribution in [-0.4, -0.2) is 38.3 Å². The van der Waals surface area contributed by atoms with Crippen molar-refractivity contribution < 1.29 is 8.91 Å². The first-order chi connectivity index (χ1) is 13.6. The van der Waals surface area contributed by atoms with Crippen LogP contribution in [0.15, 0.2) is 35.0 Å². The van der Waals surface area contributed by atoms with E-state index in [0.717, 1.165) is 67.4 Å². The van der Waals surface area contributed by atoms with E-state index in [-0.39, 0.29) is 11.7 Å². The molecule has 1 aromatic carbocycles. The van der Waals surface area contributed by atoms with E-state index < -0.39 is 0 Å². The van der Waals surface area contributed by atoms with Gasteiger partial charge in [-0.2, -0.15) is 10.1 Å². The quantitative estimate of drug-likeness (QED) is 0.691. The summed E-state index contributed by atoms with van der Waals surface area (Å²) in [5.41, 5.74) is 3.00. The second-order valence-corrected chi connectivity index (χ2v) is 8.00. The Bertz CT molecular complexity index is 902. The number of aromatic nitrogens is 4. The minimum Gasteiger partial charge on any atom is -0.339 e. The molecule has 0 unspecified atom stereocenters. The van der Waals surface area contributed by atoms with Gasteiger partial charge in [0.2, 0.25) is 5.89 Å². The zero-order valence-corrected chi connectivity index (χ0v) is 16.4. The topological polar surface area (TPSA) is 70.8 Å². The highest BCUT2D eigenvalue weighted by Gasteiger charge is 2.27. The van der Waals surface area contributed by atoms with Gasteiger partial charge in [-0.05, 0) is 49.6 Å². The Morgan fingerprint density at radius 2 is 2.11 bits per heavy atom. The summed E-state index contributed by atoms with van der Waals surface area (Å²) >= 11 is 0. The van der Waals surface area contributed by atoms with Gasteiger partial charge >= 0.3 is 0 Å². The average molecular weight is 383 g/mol. The molecule has 2 aromatic heterocycles. The molecule has 0 radical (unpaired) electrons. The van der Waals surface area contributed by atoms with Crippen LogP contribution in [-0.2, 0) is 13.0 Å². The molecule has 1 aliphatic rings. The molecule has 1 fully saturated rings. The van der Waals surface area contributed by atoms with Gasteiger partial charge in [0.15, 0.2) is 5.82 Å². The Labute approximate surface area is 164 Å². The smallest absolute Gasteiger partial charge is 0.231 e. The van der Waals surface area contributed by atoms with Gasteiger partial charge in [-0.15, -0.1) is 0 Å². The van der Waals surface area contributed by atoms with E-state index in [1.807, 2.05) is 6.20 Å². The lowest BCUT2D eigenvalue weighted by atomic mass is 9.97. The Morgan fingerprint density at radius 1 is 1.29 bits per heavy atom. The number of nitrogens with zero attached hydrogens (tertiary/aromatic N) is 4. The summed E-state index contributed by atoms with van der Waals surface area (Å²) in [6.07, 6.45) is 4.86. The molecular formula is C21H26FN5O. The van der Waals surface area contributed by atoms with Crippen molar-refractivity contribution in [2.45, 2.75) is 45.6 Å². The van der Waals surface area contributed by atoms with E-state index in [1.54, 1.807) is 12.1 Å². The second-order valence-electron chi connectivity index (χ2n) is 8.00. The first-order valence-corrected chi connectivity index (χ1v) is 9.91. The molecule has 1 atom stereocenters. The van der Waals surface area contributed by atoms with Gasteiger partial charge in [-0.3, -0.25) is 10.00 Å².